The second-order valence-electron chi connectivity index (χ2n) is 4.84. The Hall–Kier alpha value is -1.85. The fourth-order valence-corrected chi connectivity index (χ4v) is 2.42. The molecule has 1 N–H and O–H groups in total. The van der Waals surface area contributed by atoms with Gasteiger partial charge in [-0.15, -0.1) is 0 Å². The van der Waals surface area contributed by atoms with Crippen molar-refractivity contribution in [1.29, 1.82) is 0 Å². The molecule has 0 aliphatic heterocycles. The molecule has 1 aliphatic carbocycles. The van der Waals surface area contributed by atoms with Crippen molar-refractivity contribution >= 4 is 11.9 Å². The van der Waals surface area contributed by atoms with Gasteiger partial charge in [-0.25, -0.2) is 0 Å². The molecular formula is C13H18N2O4. The molecule has 19 heavy (non-hydrogen) atoms. The van der Waals surface area contributed by atoms with Gasteiger partial charge in [0.1, 0.15) is 11.3 Å². The fourth-order valence-electron chi connectivity index (χ4n) is 2.42. The third-order valence-corrected chi connectivity index (χ3v) is 3.59. The molecule has 0 radical (unpaired) electrons. The predicted octanol–water partition coefficient (Wildman–Crippen LogP) is 1.44. The van der Waals surface area contributed by atoms with Crippen LogP contribution >= 0.6 is 0 Å². The number of carbonyl (C=O) groups is 2. The monoisotopic (exact) mass is 266 g/mol. The molecule has 6 heteroatoms. The minimum Gasteiger partial charge on any atom is -0.469 e. The molecule has 1 aromatic heterocycles. The maximum Gasteiger partial charge on any atom is 0.308 e. The van der Waals surface area contributed by atoms with Gasteiger partial charge in [-0.1, -0.05) is 5.16 Å². The smallest absolute Gasteiger partial charge is 0.308 e. The number of amides is 1. The van der Waals surface area contributed by atoms with Crippen molar-refractivity contribution in [3.8, 4) is 0 Å². The largest absolute Gasteiger partial charge is 0.469 e. The molecule has 1 saturated carbocycles. The van der Waals surface area contributed by atoms with Gasteiger partial charge in [0.25, 0.3) is 5.91 Å². The summed E-state index contributed by atoms with van der Waals surface area (Å²) in [5.41, 5.74) is 0.468. The van der Waals surface area contributed by atoms with Crippen LogP contribution in [0.15, 0.2) is 10.7 Å². The van der Waals surface area contributed by atoms with Crippen LogP contribution in [-0.4, -0.2) is 30.2 Å². The van der Waals surface area contributed by atoms with Gasteiger partial charge >= 0.3 is 5.97 Å². The number of aryl methyl sites for hydroxylation is 1. The van der Waals surface area contributed by atoms with E-state index in [1.807, 2.05) is 0 Å². The van der Waals surface area contributed by atoms with Crippen LogP contribution in [0.2, 0.25) is 0 Å². The van der Waals surface area contributed by atoms with Gasteiger partial charge in [0, 0.05) is 6.04 Å². The lowest BCUT2D eigenvalue weighted by Crippen LogP contribution is -2.39. The first-order valence-corrected chi connectivity index (χ1v) is 6.41. The summed E-state index contributed by atoms with van der Waals surface area (Å²) >= 11 is 0. The summed E-state index contributed by atoms with van der Waals surface area (Å²) < 4.78 is 9.60. The number of esters is 1. The maximum absolute atomic E-state index is 12.0. The number of rotatable bonds is 3. The molecule has 0 unspecified atom stereocenters. The molecule has 1 heterocycles. The Kier molecular flexibility index (Phi) is 4.19. The number of hydrogen-bond acceptors (Lipinski definition) is 5. The first-order chi connectivity index (χ1) is 9.11. The number of nitrogens with zero attached hydrogens (tertiary/aromatic N) is 1. The van der Waals surface area contributed by atoms with Crippen LogP contribution in [-0.2, 0) is 9.53 Å². The van der Waals surface area contributed by atoms with Gasteiger partial charge in [-0.05, 0) is 32.6 Å². The van der Waals surface area contributed by atoms with Crippen LogP contribution in [0.5, 0.6) is 0 Å². The fraction of sp³-hybridized carbons (Fsp3) is 0.615. The highest BCUT2D eigenvalue weighted by Gasteiger charge is 2.28. The van der Waals surface area contributed by atoms with Gasteiger partial charge in [0.05, 0.1) is 19.2 Å². The molecule has 0 saturated heterocycles. The summed E-state index contributed by atoms with van der Waals surface area (Å²) in [6.07, 6.45) is 4.50. The zero-order chi connectivity index (χ0) is 13.8. The molecule has 0 bridgehead atoms. The molecular weight excluding hydrogens is 248 g/mol. The van der Waals surface area contributed by atoms with Crippen molar-refractivity contribution in [1.82, 2.24) is 10.5 Å². The van der Waals surface area contributed by atoms with Gasteiger partial charge in [-0.3, -0.25) is 9.59 Å². The Balaban J connectivity index is 1.85. The third-order valence-electron chi connectivity index (χ3n) is 3.59. The van der Waals surface area contributed by atoms with Crippen molar-refractivity contribution in [3.05, 3.63) is 17.5 Å². The molecule has 1 fully saturated rings. The first kappa shape index (κ1) is 13.6. The summed E-state index contributed by atoms with van der Waals surface area (Å²) in [5, 5.41) is 6.53. The van der Waals surface area contributed by atoms with E-state index in [-0.39, 0.29) is 23.8 Å². The summed E-state index contributed by atoms with van der Waals surface area (Å²) in [4.78, 5) is 23.4. The highest BCUT2D eigenvalue weighted by atomic mass is 16.5. The van der Waals surface area contributed by atoms with Gasteiger partial charge in [0.2, 0.25) is 0 Å². The third kappa shape index (κ3) is 3.13. The molecule has 1 aliphatic rings. The van der Waals surface area contributed by atoms with Crippen molar-refractivity contribution in [2.24, 2.45) is 5.92 Å². The lowest BCUT2D eigenvalue weighted by molar-refractivity contribution is -0.146. The average Bonchev–Trinajstić information content (AvgIpc) is 2.85. The van der Waals surface area contributed by atoms with E-state index in [2.05, 4.69) is 10.5 Å². The summed E-state index contributed by atoms with van der Waals surface area (Å²) in [5.74, 6) is 0.163. The van der Waals surface area contributed by atoms with Gasteiger partial charge in [0.15, 0.2) is 0 Å². The highest BCUT2D eigenvalue weighted by molar-refractivity contribution is 5.94. The molecule has 0 spiro atoms. The van der Waals surface area contributed by atoms with E-state index < -0.39 is 0 Å². The Morgan fingerprint density at radius 2 is 2.05 bits per heavy atom. The van der Waals surface area contributed by atoms with E-state index in [0.29, 0.717) is 11.3 Å². The van der Waals surface area contributed by atoms with Gasteiger partial charge in [-0.2, -0.15) is 0 Å². The van der Waals surface area contributed by atoms with Crippen LogP contribution in [0.1, 0.15) is 41.8 Å². The summed E-state index contributed by atoms with van der Waals surface area (Å²) in [6, 6.07) is 0.0997. The van der Waals surface area contributed by atoms with E-state index in [1.54, 1.807) is 6.92 Å². The second-order valence-corrected chi connectivity index (χ2v) is 4.84. The van der Waals surface area contributed by atoms with Crippen LogP contribution in [0.25, 0.3) is 0 Å². The first-order valence-electron chi connectivity index (χ1n) is 6.41. The zero-order valence-corrected chi connectivity index (χ0v) is 11.1. The number of ether oxygens (including phenoxy) is 1. The Labute approximate surface area is 111 Å². The number of hydrogen-bond donors (Lipinski definition) is 1. The SMILES string of the molecule is COC(=O)C1CCC(NC(=O)c2cnoc2C)CC1. The van der Waals surface area contributed by atoms with E-state index >= 15 is 0 Å². The lowest BCUT2D eigenvalue weighted by atomic mass is 9.86. The van der Waals surface area contributed by atoms with Crippen molar-refractivity contribution in [2.75, 3.05) is 7.11 Å². The van der Waals surface area contributed by atoms with E-state index in [0.717, 1.165) is 25.7 Å². The molecule has 2 rings (SSSR count). The Morgan fingerprint density at radius 3 is 2.58 bits per heavy atom. The topological polar surface area (TPSA) is 81.4 Å². The number of carbonyl (C=O) groups excluding carboxylic acids is 2. The Morgan fingerprint density at radius 1 is 1.37 bits per heavy atom. The number of aromatic nitrogens is 1. The average molecular weight is 266 g/mol. The Bertz CT molecular complexity index is 461. The predicted molar refractivity (Wildman–Crippen MR) is 66.5 cm³/mol. The van der Waals surface area contributed by atoms with Crippen LogP contribution in [0.3, 0.4) is 0 Å². The quantitative estimate of drug-likeness (QED) is 0.837. The van der Waals surface area contributed by atoms with E-state index in [4.69, 9.17) is 9.26 Å². The standard InChI is InChI=1S/C13H18N2O4/c1-8-11(7-14-19-8)12(16)15-10-5-3-9(4-6-10)13(17)18-2/h7,9-10H,3-6H2,1-2H3,(H,15,16). The molecule has 0 aromatic carbocycles. The van der Waals surface area contributed by atoms with Crippen molar-refractivity contribution in [3.63, 3.8) is 0 Å². The zero-order valence-electron chi connectivity index (χ0n) is 11.1. The molecule has 1 amide bonds. The minimum atomic E-state index is -0.166. The molecule has 1 aromatic rings. The molecule has 0 atom stereocenters. The van der Waals surface area contributed by atoms with Crippen LogP contribution < -0.4 is 5.32 Å². The van der Waals surface area contributed by atoms with Crippen molar-refractivity contribution in [2.45, 2.75) is 38.6 Å². The van der Waals surface area contributed by atoms with E-state index in [1.165, 1.54) is 13.3 Å². The van der Waals surface area contributed by atoms with Gasteiger partial charge < -0.3 is 14.6 Å². The molecule has 104 valence electrons. The van der Waals surface area contributed by atoms with E-state index in [9.17, 15) is 9.59 Å². The number of nitrogens with one attached hydrogen (secondary N) is 1. The highest BCUT2D eigenvalue weighted by Crippen LogP contribution is 2.25. The van der Waals surface area contributed by atoms with Crippen molar-refractivity contribution < 1.29 is 18.8 Å². The van der Waals surface area contributed by atoms with Crippen LogP contribution in [0, 0.1) is 12.8 Å². The van der Waals surface area contributed by atoms with Crippen LogP contribution in [0.4, 0.5) is 0 Å². The molecule has 6 nitrogen and oxygen atoms in total. The minimum absolute atomic E-state index is 0.0320. The maximum atomic E-state index is 12.0. The number of methoxy groups -OCH3 is 1. The normalized spacial score (nSPS) is 22.8. The lowest BCUT2D eigenvalue weighted by Gasteiger charge is -2.27. The summed E-state index contributed by atoms with van der Waals surface area (Å²) in [7, 11) is 1.41. The summed E-state index contributed by atoms with van der Waals surface area (Å²) in [6.45, 7) is 1.70. The second kappa shape index (κ2) is 5.86.